The van der Waals surface area contributed by atoms with Gasteiger partial charge in [0.25, 0.3) is 0 Å². The smallest absolute Gasteiger partial charge is 0.123 e. The van der Waals surface area contributed by atoms with E-state index in [1.807, 2.05) is 30.3 Å². The van der Waals surface area contributed by atoms with Gasteiger partial charge < -0.3 is 10.2 Å². The summed E-state index contributed by atoms with van der Waals surface area (Å²) in [5.74, 6) is -0.332. The minimum Gasteiger partial charge on any atom is -0.395 e. The van der Waals surface area contributed by atoms with E-state index in [4.69, 9.17) is 0 Å². The first kappa shape index (κ1) is 15.2. The maximum atomic E-state index is 13.4. The van der Waals surface area contributed by atoms with Crippen molar-refractivity contribution < 1.29 is 14.6 Å². The monoisotopic (exact) mass is 338 g/mol. The number of hydrogen-bond acceptors (Lipinski definition) is 2. The topological polar surface area (TPSA) is 40.5 Å². The van der Waals surface area contributed by atoms with Crippen LogP contribution in [-0.4, -0.2) is 23.4 Å². The first-order valence-corrected chi connectivity index (χ1v) is 7.12. The highest BCUT2D eigenvalue weighted by atomic mass is 79.9. The van der Waals surface area contributed by atoms with Gasteiger partial charge in [0.15, 0.2) is 0 Å². The molecule has 0 amide bonds. The normalized spacial score (nSPS) is 11.6. The second-order valence-electron chi connectivity index (χ2n) is 4.88. The lowest BCUT2D eigenvalue weighted by Crippen LogP contribution is -2.37. The van der Waals surface area contributed by atoms with Gasteiger partial charge in [-0.15, -0.1) is 0 Å². The number of aliphatic hydroxyl groups excluding tert-OH is 2. The standard InChI is InChI=1S/C16H16BrFO2/c17-15-7-6-14(18)8-12(15)9-16(10-19,11-20)13-4-2-1-3-5-13/h1-8,19-20H,9-11H2. The summed E-state index contributed by atoms with van der Waals surface area (Å²) >= 11 is 3.38. The highest BCUT2D eigenvalue weighted by Gasteiger charge is 2.32. The van der Waals surface area contributed by atoms with Crippen molar-refractivity contribution in [3.05, 3.63) is 69.9 Å². The molecule has 2 aromatic rings. The molecule has 0 fully saturated rings. The van der Waals surface area contributed by atoms with Gasteiger partial charge in [-0.25, -0.2) is 4.39 Å². The average molecular weight is 339 g/mol. The van der Waals surface area contributed by atoms with Crippen LogP contribution in [0.25, 0.3) is 0 Å². The zero-order valence-electron chi connectivity index (χ0n) is 10.9. The Labute approximate surface area is 126 Å². The largest absolute Gasteiger partial charge is 0.395 e. The quantitative estimate of drug-likeness (QED) is 0.879. The predicted molar refractivity (Wildman–Crippen MR) is 80.1 cm³/mol. The van der Waals surface area contributed by atoms with E-state index in [0.29, 0.717) is 6.42 Å². The summed E-state index contributed by atoms with van der Waals surface area (Å²) in [6, 6.07) is 13.7. The number of benzene rings is 2. The van der Waals surface area contributed by atoms with Crippen LogP contribution in [0.1, 0.15) is 11.1 Å². The Hall–Kier alpha value is -1.23. The first-order chi connectivity index (χ1) is 9.61. The summed E-state index contributed by atoms with van der Waals surface area (Å²) in [6.45, 7) is -0.424. The fourth-order valence-corrected chi connectivity index (χ4v) is 2.67. The Balaban J connectivity index is 2.42. The van der Waals surface area contributed by atoms with Crippen molar-refractivity contribution in [1.29, 1.82) is 0 Å². The molecule has 2 nitrogen and oxygen atoms in total. The van der Waals surface area contributed by atoms with Crippen LogP contribution < -0.4 is 0 Å². The Kier molecular flexibility index (Phi) is 4.91. The molecule has 0 unspecified atom stereocenters. The van der Waals surface area contributed by atoms with Gasteiger partial charge in [-0.3, -0.25) is 0 Å². The molecular weight excluding hydrogens is 323 g/mol. The van der Waals surface area contributed by atoms with Crippen molar-refractivity contribution in [1.82, 2.24) is 0 Å². The molecule has 0 saturated carbocycles. The molecule has 2 N–H and O–H groups in total. The molecule has 20 heavy (non-hydrogen) atoms. The van der Waals surface area contributed by atoms with Gasteiger partial charge in [0.1, 0.15) is 5.82 Å². The van der Waals surface area contributed by atoms with Crippen LogP contribution in [0.5, 0.6) is 0 Å². The molecule has 0 heterocycles. The molecule has 4 heteroatoms. The van der Waals surface area contributed by atoms with Crippen LogP contribution in [0.15, 0.2) is 53.0 Å². The zero-order chi connectivity index (χ0) is 14.6. The van der Waals surface area contributed by atoms with E-state index in [0.717, 1.165) is 15.6 Å². The maximum absolute atomic E-state index is 13.4. The highest BCUT2D eigenvalue weighted by molar-refractivity contribution is 9.10. The van der Waals surface area contributed by atoms with Crippen molar-refractivity contribution in [3.63, 3.8) is 0 Å². The summed E-state index contributed by atoms with van der Waals surface area (Å²) in [4.78, 5) is 0. The summed E-state index contributed by atoms with van der Waals surface area (Å²) in [7, 11) is 0. The minimum atomic E-state index is -0.822. The van der Waals surface area contributed by atoms with Crippen molar-refractivity contribution >= 4 is 15.9 Å². The Morgan fingerprint density at radius 2 is 1.65 bits per heavy atom. The zero-order valence-corrected chi connectivity index (χ0v) is 12.5. The molecular formula is C16H16BrFO2. The Morgan fingerprint density at radius 3 is 2.25 bits per heavy atom. The number of halogens is 2. The molecule has 2 aromatic carbocycles. The Bertz CT molecular complexity index is 568. The van der Waals surface area contributed by atoms with Crippen LogP contribution >= 0.6 is 15.9 Å². The highest BCUT2D eigenvalue weighted by Crippen LogP contribution is 2.31. The summed E-state index contributed by atoms with van der Waals surface area (Å²) < 4.78 is 14.2. The molecule has 0 aromatic heterocycles. The van der Waals surface area contributed by atoms with Crippen LogP contribution in [0.4, 0.5) is 4.39 Å². The van der Waals surface area contributed by atoms with E-state index in [2.05, 4.69) is 15.9 Å². The lowest BCUT2D eigenvalue weighted by atomic mass is 9.77. The summed E-state index contributed by atoms with van der Waals surface area (Å²) in [6.07, 6.45) is 0.350. The molecule has 0 bridgehead atoms. The third kappa shape index (κ3) is 3.08. The predicted octanol–water partition coefficient (Wildman–Crippen LogP) is 3.05. The second kappa shape index (κ2) is 6.48. The summed E-state index contributed by atoms with van der Waals surface area (Å²) in [5, 5.41) is 19.6. The second-order valence-corrected chi connectivity index (χ2v) is 5.73. The van der Waals surface area contributed by atoms with Gasteiger partial charge in [0.05, 0.1) is 13.2 Å². The molecule has 0 atom stereocenters. The van der Waals surface area contributed by atoms with E-state index in [-0.39, 0.29) is 19.0 Å². The van der Waals surface area contributed by atoms with Gasteiger partial charge in [-0.05, 0) is 35.7 Å². The maximum Gasteiger partial charge on any atom is 0.123 e. The van der Waals surface area contributed by atoms with Crippen LogP contribution in [0.3, 0.4) is 0 Å². The molecule has 0 aliphatic carbocycles. The third-order valence-electron chi connectivity index (χ3n) is 3.53. The minimum absolute atomic E-state index is 0.212. The van der Waals surface area contributed by atoms with Gasteiger partial charge >= 0.3 is 0 Å². The van der Waals surface area contributed by atoms with Gasteiger partial charge in [0.2, 0.25) is 0 Å². The van der Waals surface area contributed by atoms with Gasteiger partial charge in [-0.1, -0.05) is 46.3 Å². The van der Waals surface area contributed by atoms with Crippen LogP contribution in [0, 0.1) is 5.82 Å². The molecule has 106 valence electrons. The van der Waals surface area contributed by atoms with Crippen molar-refractivity contribution in [2.45, 2.75) is 11.8 Å². The van der Waals surface area contributed by atoms with Crippen molar-refractivity contribution in [3.8, 4) is 0 Å². The molecule has 2 rings (SSSR count). The number of hydrogen-bond donors (Lipinski definition) is 2. The number of rotatable bonds is 5. The fraction of sp³-hybridized carbons (Fsp3) is 0.250. The van der Waals surface area contributed by atoms with Crippen molar-refractivity contribution in [2.75, 3.05) is 13.2 Å². The molecule has 0 saturated heterocycles. The van der Waals surface area contributed by atoms with Crippen molar-refractivity contribution in [2.24, 2.45) is 0 Å². The van der Waals surface area contributed by atoms with Gasteiger partial charge in [0, 0.05) is 9.89 Å². The van der Waals surface area contributed by atoms with E-state index < -0.39 is 5.41 Å². The lowest BCUT2D eigenvalue weighted by Gasteiger charge is -2.31. The van der Waals surface area contributed by atoms with E-state index in [9.17, 15) is 14.6 Å². The first-order valence-electron chi connectivity index (χ1n) is 6.32. The molecule has 0 radical (unpaired) electrons. The SMILES string of the molecule is OCC(CO)(Cc1cc(F)ccc1Br)c1ccccc1. The lowest BCUT2D eigenvalue weighted by molar-refractivity contribution is 0.116. The van der Waals surface area contributed by atoms with E-state index in [1.54, 1.807) is 6.07 Å². The van der Waals surface area contributed by atoms with Crippen LogP contribution in [0.2, 0.25) is 0 Å². The fourth-order valence-electron chi connectivity index (χ4n) is 2.28. The summed E-state index contributed by atoms with van der Waals surface area (Å²) in [5.41, 5.74) is 0.732. The van der Waals surface area contributed by atoms with E-state index >= 15 is 0 Å². The molecule has 0 spiro atoms. The number of aliphatic hydroxyl groups is 2. The Morgan fingerprint density at radius 1 is 1.00 bits per heavy atom. The average Bonchev–Trinajstić information content (AvgIpc) is 2.49. The van der Waals surface area contributed by atoms with E-state index in [1.165, 1.54) is 12.1 Å². The van der Waals surface area contributed by atoms with Gasteiger partial charge in [-0.2, -0.15) is 0 Å². The molecule has 0 aliphatic heterocycles. The third-order valence-corrected chi connectivity index (χ3v) is 4.30. The van der Waals surface area contributed by atoms with Crippen LogP contribution in [-0.2, 0) is 11.8 Å². The molecule has 0 aliphatic rings.